The number of halogens is 1. The molecule has 2 rings (SSSR count). The average molecular weight is 388 g/mol. The standard InChI is InChI=1S/C20H22ClN3O3/c1-2-3-11-27-18-9-7-15(8-10-18)13-23-24-19(25)14-22-20(26)16-5-4-6-17(21)12-16/h4-10,12-13H,2-3,11,14H2,1H3,(H,22,26)(H,24,25)/b23-13+. The quantitative estimate of drug-likeness (QED) is 0.393. The third-order valence-corrected chi connectivity index (χ3v) is 3.78. The summed E-state index contributed by atoms with van der Waals surface area (Å²) >= 11 is 5.83. The highest BCUT2D eigenvalue weighted by Gasteiger charge is 2.07. The van der Waals surface area contributed by atoms with Crippen molar-refractivity contribution in [1.82, 2.24) is 10.7 Å². The topological polar surface area (TPSA) is 79.8 Å². The number of benzene rings is 2. The monoisotopic (exact) mass is 387 g/mol. The van der Waals surface area contributed by atoms with Crippen molar-refractivity contribution in [2.24, 2.45) is 5.10 Å². The minimum Gasteiger partial charge on any atom is -0.494 e. The number of carbonyl (C=O) groups is 2. The number of amides is 2. The summed E-state index contributed by atoms with van der Waals surface area (Å²) in [5.74, 6) is -0.00944. The number of ether oxygens (including phenoxy) is 1. The number of rotatable bonds is 9. The van der Waals surface area contributed by atoms with Gasteiger partial charge in [-0.05, 0) is 54.4 Å². The molecular formula is C20H22ClN3O3. The van der Waals surface area contributed by atoms with E-state index < -0.39 is 5.91 Å². The van der Waals surface area contributed by atoms with E-state index in [-0.39, 0.29) is 12.5 Å². The third-order valence-electron chi connectivity index (χ3n) is 3.55. The van der Waals surface area contributed by atoms with Crippen molar-refractivity contribution < 1.29 is 14.3 Å². The van der Waals surface area contributed by atoms with Gasteiger partial charge in [-0.25, -0.2) is 5.43 Å². The molecule has 27 heavy (non-hydrogen) atoms. The van der Waals surface area contributed by atoms with Crippen LogP contribution in [0, 0.1) is 0 Å². The molecule has 0 saturated heterocycles. The fourth-order valence-corrected chi connectivity index (χ4v) is 2.29. The molecule has 0 aliphatic heterocycles. The maximum Gasteiger partial charge on any atom is 0.259 e. The van der Waals surface area contributed by atoms with Gasteiger partial charge in [-0.1, -0.05) is 31.0 Å². The first-order chi connectivity index (χ1) is 13.1. The zero-order valence-electron chi connectivity index (χ0n) is 15.1. The van der Waals surface area contributed by atoms with Gasteiger partial charge in [0.1, 0.15) is 5.75 Å². The van der Waals surface area contributed by atoms with Gasteiger partial charge in [-0.2, -0.15) is 5.10 Å². The second-order valence-corrected chi connectivity index (χ2v) is 6.19. The minimum atomic E-state index is -0.429. The number of carbonyl (C=O) groups excluding carboxylic acids is 2. The summed E-state index contributed by atoms with van der Waals surface area (Å²) in [6.07, 6.45) is 3.62. The van der Waals surface area contributed by atoms with Crippen molar-refractivity contribution in [1.29, 1.82) is 0 Å². The Kier molecular flexibility index (Phi) is 8.32. The van der Waals surface area contributed by atoms with E-state index in [1.165, 1.54) is 12.3 Å². The Morgan fingerprint density at radius 1 is 1.19 bits per heavy atom. The highest BCUT2D eigenvalue weighted by molar-refractivity contribution is 6.30. The molecule has 0 atom stereocenters. The maximum atomic E-state index is 11.9. The average Bonchev–Trinajstić information content (AvgIpc) is 2.67. The summed E-state index contributed by atoms with van der Waals surface area (Å²) in [5.41, 5.74) is 3.57. The number of nitrogens with zero attached hydrogens (tertiary/aromatic N) is 1. The molecule has 0 saturated carbocycles. The van der Waals surface area contributed by atoms with Crippen LogP contribution < -0.4 is 15.5 Å². The van der Waals surface area contributed by atoms with E-state index in [2.05, 4.69) is 22.8 Å². The van der Waals surface area contributed by atoms with Gasteiger partial charge in [0.15, 0.2) is 0 Å². The summed E-state index contributed by atoms with van der Waals surface area (Å²) in [4.78, 5) is 23.7. The van der Waals surface area contributed by atoms with E-state index >= 15 is 0 Å². The second-order valence-electron chi connectivity index (χ2n) is 5.76. The fourth-order valence-electron chi connectivity index (χ4n) is 2.10. The lowest BCUT2D eigenvalue weighted by Gasteiger charge is -2.05. The molecule has 0 fully saturated rings. The zero-order valence-corrected chi connectivity index (χ0v) is 15.8. The SMILES string of the molecule is CCCCOc1ccc(/C=N/NC(=O)CNC(=O)c2cccc(Cl)c2)cc1. The van der Waals surface area contributed by atoms with Crippen LogP contribution >= 0.6 is 11.6 Å². The molecule has 0 bridgehead atoms. The molecule has 0 aliphatic rings. The van der Waals surface area contributed by atoms with Crippen molar-refractivity contribution >= 4 is 29.6 Å². The summed E-state index contributed by atoms with van der Waals surface area (Å²) < 4.78 is 5.58. The molecule has 2 N–H and O–H groups in total. The smallest absolute Gasteiger partial charge is 0.259 e. The van der Waals surface area contributed by atoms with Crippen LogP contribution in [0.4, 0.5) is 0 Å². The molecule has 2 amide bonds. The Morgan fingerprint density at radius 2 is 1.96 bits per heavy atom. The maximum absolute atomic E-state index is 11.9. The van der Waals surface area contributed by atoms with E-state index in [1.54, 1.807) is 18.2 Å². The van der Waals surface area contributed by atoms with Gasteiger partial charge < -0.3 is 10.1 Å². The van der Waals surface area contributed by atoms with E-state index in [4.69, 9.17) is 16.3 Å². The van der Waals surface area contributed by atoms with E-state index in [0.717, 1.165) is 24.2 Å². The van der Waals surface area contributed by atoms with Crippen LogP contribution in [0.2, 0.25) is 5.02 Å². The van der Waals surface area contributed by atoms with Gasteiger partial charge in [0, 0.05) is 10.6 Å². The Hall–Kier alpha value is -2.86. The van der Waals surface area contributed by atoms with Crippen LogP contribution in [0.5, 0.6) is 5.75 Å². The molecule has 0 heterocycles. The van der Waals surface area contributed by atoms with Crippen molar-refractivity contribution in [3.8, 4) is 5.75 Å². The van der Waals surface area contributed by atoms with Gasteiger partial charge in [-0.15, -0.1) is 0 Å². The predicted octanol–water partition coefficient (Wildman–Crippen LogP) is 3.40. The molecule has 0 aliphatic carbocycles. The molecule has 0 unspecified atom stereocenters. The molecule has 0 aromatic heterocycles. The number of hydrogen-bond acceptors (Lipinski definition) is 4. The molecule has 0 radical (unpaired) electrons. The van der Waals surface area contributed by atoms with Crippen molar-refractivity contribution in [2.45, 2.75) is 19.8 Å². The lowest BCUT2D eigenvalue weighted by atomic mass is 10.2. The fraction of sp³-hybridized carbons (Fsp3) is 0.250. The Labute approximate surface area is 163 Å². The van der Waals surface area contributed by atoms with Crippen LogP contribution in [-0.4, -0.2) is 31.2 Å². The van der Waals surface area contributed by atoms with Crippen molar-refractivity contribution in [3.05, 3.63) is 64.7 Å². The highest BCUT2D eigenvalue weighted by atomic mass is 35.5. The Bertz CT molecular complexity index is 791. The summed E-state index contributed by atoms with van der Waals surface area (Å²) in [7, 11) is 0. The first-order valence-corrected chi connectivity index (χ1v) is 9.05. The summed E-state index contributed by atoms with van der Waals surface area (Å²) in [6.45, 7) is 2.62. The van der Waals surface area contributed by atoms with Crippen LogP contribution in [0.25, 0.3) is 0 Å². The molecule has 142 valence electrons. The Morgan fingerprint density at radius 3 is 2.67 bits per heavy atom. The number of nitrogens with one attached hydrogen (secondary N) is 2. The van der Waals surface area contributed by atoms with E-state index in [9.17, 15) is 9.59 Å². The number of hydrazone groups is 1. The molecule has 2 aromatic carbocycles. The minimum absolute atomic E-state index is 0.188. The van der Waals surface area contributed by atoms with Crippen LogP contribution in [0.1, 0.15) is 35.7 Å². The first-order valence-electron chi connectivity index (χ1n) is 8.67. The molecule has 6 nitrogen and oxygen atoms in total. The van der Waals surface area contributed by atoms with E-state index in [0.29, 0.717) is 17.2 Å². The number of hydrogen-bond donors (Lipinski definition) is 2. The lowest BCUT2D eigenvalue weighted by Crippen LogP contribution is -2.34. The zero-order chi connectivity index (χ0) is 19.5. The van der Waals surface area contributed by atoms with Crippen LogP contribution in [0.3, 0.4) is 0 Å². The highest BCUT2D eigenvalue weighted by Crippen LogP contribution is 2.12. The molecular weight excluding hydrogens is 366 g/mol. The molecule has 7 heteroatoms. The molecule has 2 aromatic rings. The third kappa shape index (κ3) is 7.50. The number of unbranched alkanes of at least 4 members (excludes halogenated alkanes) is 1. The largest absolute Gasteiger partial charge is 0.494 e. The first kappa shape index (κ1) is 20.5. The van der Waals surface area contributed by atoms with Crippen molar-refractivity contribution in [2.75, 3.05) is 13.2 Å². The van der Waals surface area contributed by atoms with E-state index in [1.807, 2.05) is 24.3 Å². The molecule has 0 spiro atoms. The lowest BCUT2D eigenvalue weighted by molar-refractivity contribution is -0.120. The normalized spacial score (nSPS) is 10.6. The predicted molar refractivity (Wildman–Crippen MR) is 106 cm³/mol. The van der Waals surface area contributed by atoms with Crippen molar-refractivity contribution in [3.63, 3.8) is 0 Å². The van der Waals surface area contributed by atoms with Gasteiger partial charge >= 0.3 is 0 Å². The summed E-state index contributed by atoms with van der Waals surface area (Å²) in [5, 5.41) is 6.84. The Balaban J connectivity index is 1.73. The van der Waals surface area contributed by atoms with Crippen LogP contribution in [-0.2, 0) is 4.79 Å². The van der Waals surface area contributed by atoms with Gasteiger partial charge in [0.2, 0.25) is 0 Å². The van der Waals surface area contributed by atoms with Gasteiger partial charge in [0.25, 0.3) is 11.8 Å². The van der Waals surface area contributed by atoms with Gasteiger partial charge in [-0.3, -0.25) is 9.59 Å². The van der Waals surface area contributed by atoms with Gasteiger partial charge in [0.05, 0.1) is 19.4 Å². The second kappa shape index (κ2) is 11.0. The summed E-state index contributed by atoms with van der Waals surface area (Å²) in [6, 6.07) is 13.9. The van der Waals surface area contributed by atoms with Crippen LogP contribution in [0.15, 0.2) is 53.6 Å².